The molecule has 3 heterocycles. The number of nitrogens with zero attached hydrogens (tertiary/aromatic N) is 4. The van der Waals surface area contributed by atoms with Gasteiger partial charge in [0, 0.05) is 45.0 Å². The number of hydrogen-bond donors (Lipinski definition) is 0. The number of carbonyl (C=O) groups is 1. The van der Waals surface area contributed by atoms with Gasteiger partial charge in [-0.1, -0.05) is 23.5 Å². The fourth-order valence-electron chi connectivity index (χ4n) is 4.58. The summed E-state index contributed by atoms with van der Waals surface area (Å²) in [4.78, 5) is 24.8. The number of para-hydroxylation sites is 1. The highest BCUT2D eigenvalue weighted by molar-refractivity contribution is 7.22. The third-order valence-corrected chi connectivity index (χ3v) is 7.45. The Balaban J connectivity index is 1.20. The highest BCUT2D eigenvalue weighted by Crippen LogP contribution is 2.32. The molecule has 1 unspecified atom stereocenters. The van der Waals surface area contributed by atoms with Gasteiger partial charge in [0.05, 0.1) is 23.2 Å². The SMILES string of the molecule is COc1ccc(N2CCN(C(=O)C3CCCN(c4nc5ccccc5s4)C3)CC2)cc1. The second kappa shape index (κ2) is 8.75. The summed E-state index contributed by atoms with van der Waals surface area (Å²) < 4.78 is 6.46. The summed E-state index contributed by atoms with van der Waals surface area (Å²) in [5.74, 6) is 1.24. The lowest BCUT2D eigenvalue weighted by Gasteiger charge is -2.39. The summed E-state index contributed by atoms with van der Waals surface area (Å²) in [6, 6.07) is 16.4. The minimum Gasteiger partial charge on any atom is -0.497 e. The maximum atomic E-state index is 13.3. The molecule has 7 heteroatoms. The van der Waals surface area contributed by atoms with E-state index >= 15 is 0 Å². The number of carbonyl (C=O) groups excluding carboxylic acids is 1. The summed E-state index contributed by atoms with van der Waals surface area (Å²) in [5, 5.41) is 1.04. The zero-order chi connectivity index (χ0) is 21.2. The summed E-state index contributed by atoms with van der Waals surface area (Å²) in [5.41, 5.74) is 2.23. The standard InChI is InChI=1S/C24H28N4O2S/c1-30-20-10-8-19(9-11-20)26-13-15-27(16-14-26)23(29)18-5-4-12-28(17-18)24-25-21-6-2-3-7-22(21)31-24/h2-3,6-11,18H,4-5,12-17H2,1H3. The van der Waals surface area contributed by atoms with Crippen LogP contribution in [0.2, 0.25) is 0 Å². The largest absolute Gasteiger partial charge is 0.497 e. The van der Waals surface area contributed by atoms with E-state index in [2.05, 4.69) is 45.0 Å². The average Bonchev–Trinajstić information content (AvgIpc) is 3.28. The molecule has 1 aromatic heterocycles. The Morgan fingerprint density at radius 1 is 1.00 bits per heavy atom. The van der Waals surface area contributed by atoms with Crippen molar-refractivity contribution in [1.29, 1.82) is 0 Å². The third-order valence-electron chi connectivity index (χ3n) is 6.35. The van der Waals surface area contributed by atoms with Crippen molar-refractivity contribution in [3.05, 3.63) is 48.5 Å². The summed E-state index contributed by atoms with van der Waals surface area (Å²) in [6.07, 6.45) is 2.01. The van der Waals surface area contributed by atoms with Crippen LogP contribution in [-0.4, -0.2) is 62.2 Å². The molecule has 1 amide bonds. The first-order valence-electron chi connectivity index (χ1n) is 11.0. The van der Waals surface area contributed by atoms with Crippen LogP contribution < -0.4 is 14.5 Å². The zero-order valence-corrected chi connectivity index (χ0v) is 18.7. The van der Waals surface area contributed by atoms with Gasteiger partial charge in [-0.15, -0.1) is 0 Å². The first kappa shape index (κ1) is 20.1. The molecule has 0 aliphatic carbocycles. The molecule has 1 atom stereocenters. The molecule has 2 aliphatic heterocycles. The van der Waals surface area contributed by atoms with Crippen molar-refractivity contribution in [1.82, 2.24) is 9.88 Å². The number of rotatable bonds is 4. The smallest absolute Gasteiger partial charge is 0.227 e. The van der Waals surface area contributed by atoms with Crippen molar-refractivity contribution in [2.45, 2.75) is 12.8 Å². The lowest BCUT2D eigenvalue weighted by Crippen LogP contribution is -2.52. The molecular formula is C24H28N4O2S. The predicted molar refractivity (Wildman–Crippen MR) is 126 cm³/mol. The Bertz CT molecular complexity index is 1010. The van der Waals surface area contributed by atoms with Gasteiger partial charge in [-0.25, -0.2) is 4.98 Å². The highest BCUT2D eigenvalue weighted by atomic mass is 32.1. The lowest BCUT2D eigenvalue weighted by atomic mass is 9.96. The number of ether oxygens (including phenoxy) is 1. The second-order valence-corrected chi connectivity index (χ2v) is 9.27. The quantitative estimate of drug-likeness (QED) is 0.621. The normalized spacial score (nSPS) is 19.6. The van der Waals surface area contributed by atoms with Gasteiger partial charge in [0.2, 0.25) is 5.91 Å². The number of fused-ring (bicyclic) bond motifs is 1. The molecule has 3 aromatic rings. The van der Waals surface area contributed by atoms with Crippen molar-refractivity contribution < 1.29 is 9.53 Å². The number of benzene rings is 2. The molecule has 0 saturated carbocycles. The van der Waals surface area contributed by atoms with E-state index in [-0.39, 0.29) is 5.92 Å². The van der Waals surface area contributed by atoms with Crippen LogP contribution in [0.15, 0.2) is 48.5 Å². The van der Waals surface area contributed by atoms with Gasteiger partial charge in [-0.3, -0.25) is 4.79 Å². The molecule has 2 aromatic carbocycles. The first-order chi connectivity index (χ1) is 15.2. The number of anilines is 2. The minimum absolute atomic E-state index is 0.0632. The fourth-order valence-corrected chi connectivity index (χ4v) is 5.58. The van der Waals surface area contributed by atoms with E-state index in [1.54, 1.807) is 18.4 Å². The van der Waals surface area contributed by atoms with E-state index in [9.17, 15) is 4.79 Å². The van der Waals surface area contributed by atoms with Crippen LogP contribution in [0.4, 0.5) is 10.8 Å². The van der Waals surface area contributed by atoms with Crippen LogP contribution in [0.5, 0.6) is 5.75 Å². The molecule has 2 saturated heterocycles. The van der Waals surface area contributed by atoms with E-state index in [0.717, 1.165) is 68.5 Å². The van der Waals surface area contributed by atoms with E-state index in [1.807, 2.05) is 18.2 Å². The van der Waals surface area contributed by atoms with Gasteiger partial charge < -0.3 is 19.4 Å². The Hall–Kier alpha value is -2.80. The van der Waals surface area contributed by atoms with Gasteiger partial charge in [0.1, 0.15) is 5.75 Å². The number of methoxy groups -OCH3 is 1. The number of hydrogen-bond acceptors (Lipinski definition) is 6. The molecule has 0 bridgehead atoms. The molecule has 31 heavy (non-hydrogen) atoms. The van der Waals surface area contributed by atoms with Crippen LogP contribution in [0.1, 0.15) is 12.8 Å². The summed E-state index contributed by atoms with van der Waals surface area (Å²) >= 11 is 1.73. The third kappa shape index (κ3) is 4.19. The Morgan fingerprint density at radius 2 is 1.77 bits per heavy atom. The van der Waals surface area contributed by atoms with Crippen molar-refractivity contribution in [2.75, 3.05) is 56.2 Å². The van der Waals surface area contributed by atoms with Crippen molar-refractivity contribution in [2.24, 2.45) is 5.92 Å². The maximum absolute atomic E-state index is 13.3. The van der Waals surface area contributed by atoms with Crippen LogP contribution in [0, 0.1) is 5.92 Å². The van der Waals surface area contributed by atoms with Gasteiger partial charge >= 0.3 is 0 Å². The predicted octanol–water partition coefficient (Wildman–Crippen LogP) is 3.87. The minimum atomic E-state index is 0.0632. The van der Waals surface area contributed by atoms with Crippen LogP contribution in [0.25, 0.3) is 10.2 Å². The van der Waals surface area contributed by atoms with Gasteiger partial charge in [-0.2, -0.15) is 0 Å². The Morgan fingerprint density at radius 3 is 2.52 bits per heavy atom. The topological polar surface area (TPSA) is 48.9 Å². The zero-order valence-electron chi connectivity index (χ0n) is 17.9. The number of piperidine rings is 1. The van der Waals surface area contributed by atoms with Crippen molar-refractivity contribution in [3.63, 3.8) is 0 Å². The van der Waals surface area contributed by atoms with Crippen molar-refractivity contribution in [3.8, 4) is 5.75 Å². The summed E-state index contributed by atoms with van der Waals surface area (Å²) in [7, 11) is 1.68. The molecular weight excluding hydrogens is 408 g/mol. The maximum Gasteiger partial charge on any atom is 0.227 e. The first-order valence-corrected chi connectivity index (χ1v) is 11.8. The van der Waals surface area contributed by atoms with E-state index in [1.165, 1.54) is 10.4 Å². The van der Waals surface area contributed by atoms with E-state index < -0.39 is 0 Å². The van der Waals surface area contributed by atoms with Gasteiger partial charge in [0.15, 0.2) is 5.13 Å². The lowest BCUT2D eigenvalue weighted by molar-refractivity contribution is -0.136. The van der Waals surface area contributed by atoms with Gasteiger partial charge in [0.25, 0.3) is 0 Å². The molecule has 0 spiro atoms. The van der Waals surface area contributed by atoms with E-state index in [4.69, 9.17) is 9.72 Å². The monoisotopic (exact) mass is 436 g/mol. The highest BCUT2D eigenvalue weighted by Gasteiger charge is 2.32. The average molecular weight is 437 g/mol. The van der Waals surface area contributed by atoms with Crippen LogP contribution in [-0.2, 0) is 4.79 Å². The van der Waals surface area contributed by atoms with Crippen LogP contribution >= 0.6 is 11.3 Å². The molecule has 162 valence electrons. The summed E-state index contributed by atoms with van der Waals surface area (Å²) in [6.45, 7) is 5.05. The van der Waals surface area contributed by atoms with E-state index in [0.29, 0.717) is 5.91 Å². The molecule has 0 N–H and O–H groups in total. The second-order valence-electron chi connectivity index (χ2n) is 8.26. The number of amides is 1. The number of aromatic nitrogens is 1. The van der Waals surface area contributed by atoms with Crippen molar-refractivity contribution >= 4 is 38.3 Å². The molecule has 5 rings (SSSR count). The van der Waals surface area contributed by atoms with Crippen LogP contribution in [0.3, 0.4) is 0 Å². The van der Waals surface area contributed by atoms with Gasteiger partial charge in [-0.05, 0) is 49.2 Å². The number of piperazine rings is 1. The Labute approximate surface area is 187 Å². The molecule has 6 nitrogen and oxygen atoms in total. The molecule has 2 fully saturated rings. The fraction of sp³-hybridized carbons (Fsp3) is 0.417. The Kier molecular flexibility index (Phi) is 5.68. The molecule has 0 radical (unpaired) electrons. The number of thiazole rings is 1. The molecule has 2 aliphatic rings.